The van der Waals surface area contributed by atoms with Crippen LogP contribution in [0.5, 0.6) is 0 Å². The van der Waals surface area contributed by atoms with Crippen LogP contribution in [0.25, 0.3) is 11.0 Å². The first-order valence-corrected chi connectivity index (χ1v) is 10.3. The number of thioether (sulfide) groups is 1. The van der Waals surface area contributed by atoms with Crippen molar-refractivity contribution in [2.45, 2.75) is 18.9 Å². The Bertz CT molecular complexity index is 839. The maximum absolute atomic E-state index is 12.6. The fourth-order valence-electron chi connectivity index (χ4n) is 3.74. The zero-order chi connectivity index (χ0) is 17.9. The van der Waals surface area contributed by atoms with Crippen LogP contribution in [0.15, 0.2) is 39.7 Å². The van der Waals surface area contributed by atoms with E-state index >= 15 is 0 Å². The quantitative estimate of drug-likeness (QED) is 0.877. The molecule has 26 heavy (non-hydrogen) atoms. The van der Waals surface area contributed by atoms with E-state index in [-0.39, 0.29) is 11.5 Å². The van der Waals surface area contributed by atoms with Crippen LogP contribution >= 0.6 is 11.8 Å². The molecule has 6 nitrogen and oxygen atoms in total. The number of anilines is 1. The van der Waals surface area contributed by atoms with Gasteiger partial charge in [-0.1, -0.05) is 0 Å². The van der Waals surface area contributed by atoms with E-state index in [2.05, 4.69) is 10.2 Å². The van der Waals surface area contributed by atoms with Gasteiger partial charge in [-0.15, -0.1) is 0 Å². The number of urea groups is 1. The van der Waals surface area contributed by atoms with Crippen molar-refractivity contribution in [3.05, 3.63) is 40.8 Å². The average Bonchev–Trinajstić information content (AvgIpc) is 2.69. The lowest BCUT2D eigenvalue weighted by Crippen LogP contribution is -2.49. The van der Waals surface area contributed by atoms with Gasteiger partial charge in [0, 0.05) is 55.5 Å². The standard InChI is InChI=1S/C19H23N3O3S/c23-17-5-10-25-18-2-1-14(13-16(17)18)20-19(24)22-6-3-15(4-7-22)21-8-11-26-12-9-21/h1-2,5,10,13,15H,3-4,6-9,11-12H2,(H,20,24). The fourth-order valence-corrected chi connectivity index (χ4v) is 4.67. The largest absolute Gasteiger partial charge is 0.464 e. The maximum atomic E-state index is 12.6. The number of hydrogen-bond acceptors (Lipinski definition) is 5. The minimum atomic E-state index is -0.108. The summed E-state index contributed by atoms with van der Waals surface area (Å²) in [7, 11) is 0. The van der Waals surface area contributed by atoms with Crippen molar-refractivity contribution in [3.8, 4) is 0 Å². The Balaban J connectivity index is 1.37. The van der Waals surface area contributed by atoms with E-state index in [4.69, 9.17) is 4.42 Å². The Morgan fingerprint density at radius 1 is 1.12 bits per heavy atom. The molecule has 3 heterocycles. The molecule has 4 rings (SSSR count). The topological polar surface area (TPSA) is 65.8 Å². The molecule has 7 heteroatoms. The van der Waals surface area contributed by atoms with E-state index in [0.29, 0.717) is 22.7 Å². The molecule has 1 aromatic heterocycles. The van der Waals surface area contributed by atoms with Crippen LogP contribution in [0.3, 0.4) is 0 Å². The maximum Gasteiger partial charge on any atom is 0.321 e. The number of fused-ring (bicyclic) bond motifs is 1. The third-order valence-electron chi connectivity index (χ3n) is 5.22. The zero-order valence-electron chi connectivity index (χ0n) is 14.6. The monoisotopic (exact) mass is 373 g/mol. The molecular weight excluding hydrogens is 350 g/mol. The van der Waals surface area contributed by atoms with Gasteiger partial charge in [-0.25, -0.2) is 4.79 Å². The summed E-state index contributed by atoms with van der Waals surface area (Å²) in [5.41, 5.74) is 1.04. The molecule has 2 amide bonds. The Hall–Kier alpha value is -1.99. The Morgan fingerprint density at radius 2 is 1.88 bits per heavy atom. The molecule has 2 saturated heterocycles. The highest BCUT2D eigenvalue weighted by molar-refractivity contribution is 7.99. The molecular formula is C19H23N3O3S. The molecule has 2 aliphatic heterocycles. The highest BCUT2D eigenvalue weighted by atomic mass is 32.2. The number of benzene rings is 1. The van der Waals surface area contributed by atoms with Gasteiger partial charge in [-0.05, 0) is 31.0 Å². The number of rotatable bonds is 2. The molecule has 0 unspecified atom stereocenters. The van der Waals surface area contributed by atoms with Gasteiger partial charge in [0.25, 0.3) is 0 Å². The molecule has 0 atom stereocenters. The van der Waals surface area contributed by atoms with Gasteiger partial charge in [0.2, 0.25) is 0 Å². The predicted molar refractivity (Wildman–Crippen MR) is 105 cm³/mol. The lowest BCUT2D eigenvalue weighted by Gasteiger charge is -2.40. The molecule has 1 aromatic carbocycles. The third-order valence-corrected chi connectivity index (χ3v) is 6.17. The van der Waals surface area contributed by atoms with Crippen LogP contribution in [0.2, 0.25) is 0 Å². The summed E-state index contributed by atoms with van der Waals surface area (Å²) in [6.07, 6.45) is 3.44. The number of nitrogens with one attached hydrogen (secondary N) is 1. The summed E-state index contributed by atoms with van der Waals surface area (Å²) < 4.78 is 5.31. The molecule has 2 aromatic rings. The number of piperidine rings is 1. The Kier molecular flexibility index (Phi) is 5.17. The summed E-state index contributed by atoms with van der Waals surface area (Å²) >= 11 is 2.03. The van der Waals surface area contributed by atoms with Crippen molar-refractivity contribution in [3.63, 3.8) is 0 Å². The highest BCUT2D eigenvalue weighted by Gasteiger charge is 2.27. The molecule has 0 bridgehead atoms. The minimum Gasteiger partial charge on any atom is -0.464 e. The van der Waals surface area contributed by atoms with Crippen molar-refractivity contribution in [2.24, 2.45) is 0 Å². The molecule has 0 aliphatic carbocycles. The van der Waals surface area contributed by atoms with Gasteiger partial charge in [0.05, 0.1) is 11.6 Å². The zero-order valence-corrected chi connectivity index (χ0v) is 15.5. The number of carbonyl (C=O) groups is 1. The molecule has 138 valence electrons. The van der Waals surface area contributed by atoms with E-state index in [0.717, 1.165) is 25.9 Å². The first-order chi connectivity index (χ1) is 12.7. The molecule has 0 saturated carbocycles. The minimum absolute atomic E-state index is 0.0997. The van der Waals surface area contributed by atoms with Crippen LogP contribution < -0.4 is 10.7 Å². The van der Waals surface area contributed by atoms with Gasteiger partial charge in [0.1, 0.15) is 5.58 Å². The number of hydrogen-bond donors (Lipinski definition) is 1. The summed E-state index contributed by atoms with van der Waals surface area (Å²) in [5.74, 6) is 2.44. The molecule has 0 spiro atoms. The SMILES string of the molecule is O=C(Nc1ccc2occc(=O)c2c1)N1CCC(N2CCSCC2)CC1. The first-order valence-electron chi connectivity index (χ1n) is 9.10. The van der Waals surface area contributed by atoms with Crippen molar-refractivity contribution >= 4 is 34.4 Å². The van der Waals surface area contributed by atoms with Gasteiger partial charge < -0.3 is 14.6 Å². The second-order valence-electron chi connectivity index (χ2n) is 6.79. The second-order valence-corrected chi connectivity index (χ2v) is 8.02. The van der Waals surface area contributed by atoms with Crippen LogP contribution in [-0.2, 0) is 0 Å². The van der Waals surface area contributed by atoms with E-state index in [1.165, 1.54) is 36.9 Å². The first kappa shape index (κ1) is 17.4. The van der Waals surface area contributed by atoms with Crippen molar-refractivity contribution in [1.29, 1.82) is 0 Å². The number of nitrogens with zero attached hydrogens (tertiary/aromatic N) is 2. The van der Waals surface area contributed by atoms with E-state index < -0.39 is 0 Å². The number of likely N-dealkylation sites (tertiary alicyclic amines) is 1. The van der Waals surface area contributed by atoms with Gasteiger partial charge in [0.15, 0.2) is 5.43 Å². The van der Waals surface area contributed by atoms with E-state index in [9.17, 15) is 9.59 Å². The lowest BCUT2D eigenvalue weighted by molar-refractivity contribution is 0.130. The summed E-state index contributed by atoms with van der Waals surface area (Å²) in [4.78, 5) is 28.9. The van der Waals surface area contributed by atoms with Gasteiger partial charge in [-0.3, -0.25) is 9.69 Å². The lowest BCUT2D eigenvalue weighted by atomic mass is 10.0. The summed E-state index contributed by atoms with van der Waals surface area (Å²) in [6, 6.07) is 7.05. The smallest absolute Gasteiger partial charge is 0.321 e. The fraction of sp³-hybridized carbons (Fsp3) is 0.474. The van der Waals surface area contributed by atoms with Crippen LogP contribution in [0, 0.1) is 0 Å². The highest BCUT2D eigenvalue weighted by Crippen LogP contribution is 2.22. The van der Waals surface area contributed by atoms with E-state index in [1.807, 2.05) is 16.7 Å². The predicted octanol–water partition coefficient (Wildman–Crippen LogP) is 2.84. The second kappa shape index (κ2) is 7.72. The summed E-state index contributed by atoms with van der Waals surface area (Å²) in [6.45, 7) is 3.88. The molecule has 1 N–H and O–H groups in total. The van der Waals surface area contributed by atoms with Crippen molar-refractivity contribution in [1.82, 2.24) is 9.80 Å². The van der Waals surface area contributed by atoms with E-state index in [1.54, 1.807) is 18.2 Å². The third kappa shape index (κ3) is 3.73. The van der Waals surface area contributed by atoms with Crippen molar-refractivity contribution in [2.75, 3.05) is 43.0 Å². The van der Waals surface area contributed by atoms with Crippen molar-refractivity contribution < 1.29 is 9.21 Å². The summed E-state index contributed by atoms with van der Waals surface area (Å²) in [5, 5.41) is 3.39. The van der Waals surface area contributed by atoms with Gasteiger partial charge >= 0.3 is 6.03 Å². The number of carbonyl (C=O) groups excluding carboxylic acids is 1. The molecule has 2 aliphatic rings. The normalized spacial score (nSPS) is 19.6. The van der Waals surface area contributed by atoms with Crippen LogP contribution in [0.1, 0.15) is 12.8 Å². The molecule has 0 radical (unpaired) electrons. The van der Waals surface area contributed by atoms with Crippen LogP contribution in [-0.4, -0.2) is 59.6 Å². The van der Waals surface area contributed by atoms with Gasteiger partial charge in [-0.2, -0.15) is 11.8 Å². The molecule has 2 fully saturated rings. The van der Waals surface area contributed by atoms with Crippen LogP contribution in [0.4, 0.5) is 10.5 Å². The Labute approximate surface area is 156 Å². The average molecular weight is 373 g/mol. The Morgan fingerprint density at radius 3 is 2.65 bits per heavy atom. The number of amides is 2.